The molecule has 5 nitrogen and oxygen atoms in total. The summed E-state index contributed by atoms with van der Waals surface area (Å²) >= 11 is 1.36. The third-order valence-corrected chi connectivity index (χ3v) is 6.63. The Bertz CT molecular complexity index is 1230. The fourth-order valence-electron chi connectivity index (χ4n) is 3.65. The second kappa shape index (κ2) is 9.83. The van der Waals surface area contributed by atoms with Gasteiger partial charge in [0, 0.05) is 17.9 Å². The minimum Gasteiger partial charge on any atom is -0.287 e. The van der Waals surface area contributed by atoms with Crippen molar-refractivity contribution in [3.63, 3.8) is 0 Å². The van der Waals surface area contributed by atoms with Gasteiger partial charge in [0.2, 0.25) is 5.91 Å². The number of nitrogens with zero attached hydrogens (tertiary/aromatic N) is 3. The topological polar surface area (TPSA) is 55.2 Å². The molecular weight excluding hydrogens is 418 g/mol. The number of carbonyl (C=O) groups is 1. The van der Waals surface area contributed by atoms with Crippen LogP contribution in [0.4, 0.5) is 11.4 Å². The quantitative estimate of drug-likeness (QED) is 0.273. The molecule has 0 aliphatic carbocycles. The predicted molar refractivity (Wildman–Crippen MR) is 132 cm³/mol. The minimum absolute atomic E-state index is 0.0417. The van der Waals surface area contributed by atoms with Crippen molar-refractivity contribution >= 4 is 39.9 Å². The average Bonchev–Trinajstić information content (AvgIpc) is 2.84. The summed E-state index contributed by atoms with van der Waals surface area (Å²) in [5.74, 6) is -0.0417. The molecular formula is C26H25N3O2S. The van der Waals surface area contributed by atoms with E-state index in [0.29, 0.717) is 29.0 Å². The van der Waals surface area contributed by atoms with E-state index in [-0.39, 0.29) is 11.5 Å². The highest BCUT2D eigenvalue weighted by Gasteiger charge is 2.28. The first-order valence-corrected chi connectivity index (χ1v) is 11.6. The molecule has 0 saturated carbocycles. The third kappa shape index (κ3) is 4.32. The van der Waals surface area contributed by atoms with Crippen LogP contribution in [0.15, 0.2) is 94.9 Å². The lowest BCUT2D eigenvalue weighted by Gasteiger charge is -2.27. The normalized spacial score (nSPS) is 11.9. The van der Waals surface area contributed by atoms with E-state index < -0.39 is 5.25 Å². The second-order valence-corrected chi connectivity index (χ2v) is 8.49. The van der Waals surface area contributed by atoms with Crippen molar-refractivity contribution < 1.29 is 4.79 Å². The van der Waals surface area contributed by atoms with E-state index in [1.54, 1.807) is 15.5 Å². The Hall–Kier alpha value is -3.38. The lowest BCUT2D eigenvalue weighted by Crippen LogP contribution is -2.35. The van der Waals surface area contributed by atoms with Crippen LogP contribution in [-0.2, 0) is 11.3 Å². The Labute approximate surface area is 191 Å². The van der Waals surface area contributed by atoms with E-state index in [1.165, 1.54) is 11.8 Å². The van der Waals surface area contributed by atoms with Gasteiger partial charge in [-0.3, -0.25) is 19.1 Å². The van der Waals surface area contributed by atoms with Crippen LogP contribution in [0, 0.1) is 0 Å². The molecule has 1 unspecified atom stereocenters. The number of fused-ring (bicyclic) bond motifs is 1. The Morgan fingerprint density at radius 2 is 1.47 bits per heavy atom. The van der Waals surface area contributed by atoms with Gasteiger partial charge in [-0.05, 0) is 49.7 Å². The molecule has 32 heavy (non-hydrogen) atoms. The standard InChI is InChI=1S/C26H25N3O2S/c1-3-23(32-26-27-22-18-12-11-17-21(22)24(30)28(26)4-2)25(31)29(19-13-7-5-8-14-19)20-15-9-6-10-16-20/h5-18,23H,3-4H2,1-2H3. The van der Waals surface area contributed by atoms with Crippen molar-refractivity contribution in [1.82, 2.24) is 9.55 Å². The molecule has 0 aliphatic heterocycles. The molecule has 1 amide bonds. The maximum absolute atomic E-state index is 13.8. The summed E-state index contributed by atoms with van der Waals surface area (Å²) in [4.78, 5) is 33.3. The number of benzene rings is 3. The fraction of sp³-hybridized carbons (Fsp3) is 0.192. The monoisotopic (exact) mass is 443 g/mol. The van der Waals surface area contributed by atoms with Gasteiger partial charge >= 0.3 is 0 Å². The average molecular weight is 444 g/mol. The van der Waals surface area contributed by atoms with Crippen LogP contribution < -0.4 is 10.5 Å². The maximum Gasteiger partial charge on any atom is 0.262 e. The van der Waals surface area contributed by atoms with Crippen LogP contribution in [0.2, 0.25) is 0 Å². The van der Waals surface area contributed by atoms with E-state index in [0.717, 1.165) is 11.4 Å². The number of hydrogen-bond donors (Lipinski definition) is 0. The summed E-state index contributed by atoms with van der Waals surface area (Å²) < 4.78 is 1.65. The highest BCUT2D eigenvalue weighted by atomic mass is 32.2. The molecule has 1 atom stereocenters. The molecule has 4 rings (SSSR count). The van der Waals surface area contributed by atoms with E-state index in [4.69, 9.17) is 4.98 Å². The van der Waals surface area contributed by atoms with Crippen LogP contribution in [-0.4, -0.2) is 20.7 Å². The van der Waals surface area contributed by atoms with Gasteiger partial charge in [-0.15, -0.1) is 0 Å². The molecule has 0 spiro atoms. The molecule has 6 heteroatoms. The zero-order valence-electron chi connectivity index (χ0n) is 18.1. The number of carbonyl (C=O) groups excluding carboxylic acids is 1. The Morgan fingerprint density at radius 3 is 2.03 bits per heavy atom. The van der Waals surface area contributed by atoms with E-state index in [9.17, 15) is 9.59 Å². The fourth-order valence-corrected chi connectivity index (χ4v) is 4.77. The third-order valence-electron chi connectivity index (χ3n) is 5.29. The lowest BCUT2D eigenvalue weighted by molar-refractivity contribution is -0.117. The molecule has 1 heterocycles. The van der Waals surface area contributed by atoms with Crippen molar-refractivity contribution in [2.75, 3.05) is 4.90 Å². The number of para-hydroxylation sites is 3. The molecule has 162 valence electrons. The molecule has 0 bridgehead atoms. The van der Waals surface area contributed by atoms with Crippen LogP contribution in [0.25, 0.3) is 10.9 Å². The molecule has 0 fully saturated rings. The first kappa shape index (κ1) is 21.8. The summed E-state index contributed by atoms with van der Waals surface area (Å²) in [5, 5.41) is 0.757. The Morgan fingerprint density at radius 1 is 0.906 bits per heavy atom. The van der Waals surface area contributed by atoms with Crippen LogP contribution in [0.3, 0.4) is 0 Å². The zero-order chi connectivity index (χ0) is 22.5. The van der Waals surface area contributed by atoms with Gasteiger partial charge in [0.05, 0.1) is 16.2 Å². The van der Waals surface area contributed by atoms with Gasteiger partial charge in [0.1, 0.15) is 0 Å². The van der Waals surface area contributed by atoms with E-state index in [1.807, 2.05) is 92.7 Å². The lowest BCUT2D eigenvalue weighted by atomic mass is 10.2. The molecule has 0 saturated heterocycles. The largest absolute Gasteiger partial charge is 0.287 e. The molecule has 1 aromatic heterocycles. The summed E-state index contributed by atoms with van der Waals surface area (Å²) in [5.41, 5.74) is 2.19. The van der Waals surface area contributed by atoms with Crippen molar-refractivity contribution in [3.05, 3.63) is 95.3 Å². The van der Waals surface area contributed by atoms with Crippen molar-refractivity contribution in [2.24, 2.45) is 0 Å². The maximum atomic E-state index is 13.8. The Kier molecular flexibility index (Phi) is 6.71. The molecule has 3 aromatic carbocycles. The zero-order valence-corrected chi connectivity index (χ0v) is 19.0. The van der Waals surface area contributed by atoms with Gasteiger partial charge in [0.25, 0.3) is 5.56 Å². The van der Waals surface area contributed by atoms with Crippen LogP contribution in [0.5, 0.6) is 0 Å². The highest BCUT2D eigenvalue weighted by molar-refractivity contribution is 8.00. The Balaban J connectivity index is 1.75. The van der Waals surface area contributed by atoms with E-state index in [2.05, 4.69) is 0 Å². The van der Waals surface area contributed by atoms with Crippen LogP contribution >= 0.6 is 11.8 Å². The number of thioether (sulfide) groups is 1. The number of aromatic nitrogens is 2. The number of rotatable bonds is 7. The van der Waals surface area contributed by atoms with Crippen molar-refractivity contribution in [1.29, 1.82) is 0 Å². The first-order valence-electron chi connectivity index (χ1n) is 10.7. The van der Waals surface area contributed by atoms with Crippen molar-refractivity contribution in [2.45, 2.75) is 37.2 Å². The second-order valence-electron chi connectivity index (χ2n) is 7.32. The summed E-state index contributed by atoms with van der Waals surface area (Å²) in [6.07, 6.45) is 0.603. The predicted octanol–water partition coefficient (Wildman–Crippen LogP) is 5.65. The van der Waals surface area contributed by atoms with Gasteiger partial charge in [-0.1, -0.05) is 67.2 Å². The van der Waals surface area contributed by atoms with Gasteiger partial charge in [-0.25, -0.2) is 4.98 Å². The SMILES string of the molecule is CCC(Sc1nc2ccccc2c(=O)n1CC)C(=O)N(c1ccccc1)c1ccccc1. The summed E-state index contributed by atoms with van der Waals surface area (Å²) in [6.45, 7) is 4.40. The van der Waals surface area contributed by atoms with E-state index >= 15 is 0 Å². The first-order chi connectivity index (χ1) is 15.6. The minimum atomic E-state index is -0.402. The van der Waals surface area contributed by atoms with Gasteiger partial charge < -0.3 is 0 Å². The summed E-state index contributed by atoms with van der Waals surface area (Å²) in [7, 11) is 0. The highest BCUT2D eigenvalue weighted by Crippen LogP contribution is 2.32. The van der Waals surface area contributed by atoms with Crippen molar-refractivity contribution in [3.8, 4) is 0 Å². The number of hydrogen-bond acceptors (Lipinski definition) is 4. The molecule has 0 radical (unpaired) electrons. The number of anilines is 2. The molecule has 0 aliphatic rings. The van der Waals surface area contributed by atoms with Crippen LogP contribution in [0.1, 0.15) is 20.3 Å². The molecule has 4 aromatic rings. The smallest absolute Gasteiger partial charge is 0.262 e. The number of amides is 1. The van der Waals surface area contributed by atoms with Gasteiger partial charge in [-0.2, -0.15) is 0 Å². The molecule has 0 N–H and O–H groups in total. The van der Waals surface area contributed by atoms with Gasteiger partial charge in [0.15, 0.2) is 5.16 Å². The summed E-state index contributed by atoms with van der Waals surface area (Å²) in [6, 6.07) is 26.6.